The highest BCUT2D eigenvalue weighted by atomic mass is 16.6. The number of non-ortho nitro benzene ring substituents is 1. The number of ether oxygens (including phenoxy) is 2. The van der Waals surface area contributed by atoms with Gasteiger partial charge >= 0.3 is 6.03 Å². The number of nitrogens with one attached hydrogen (secondary N) is 1. The number of amides is 4. The number of barbiturate groups is 1. The van der Waals surface area contributed by atoms with Crippen LogP contribution in [0.1, 0.15) is 22.3 Å². The van der Waals surface area contributed by atoms with Crippen LogP contribution in [0.4, 0.5) is 16.2 Å². The van der Waals surface area contributed by atoms with E-state index in [0.29, 0.717) is 28.6 Å². The predicted molar refractivity (Wildman–Crippen MR) is 135 cm³/mol. The van der Waals surface area contributed by atoms with E-state index in [1.165, 1.54) is 36.9 Å². The fraction of sp³-hybridized carbons (Fsp3) is 0.148. The Labute approximate surface area is 212 Å². The van der Waals surface area contributed by atoms with Gasteiger partial charge in [0.2, 0.25) is 0 Å². The van der Waals surface area contributed by atoms with Gasteiger partial charge in [0.15, 0.2) is 11.5 Å². The lowest BCUT2D eigenvalue weighted by Gasteiger charge is -2.26. The molecule has 0 bridgehead atoms. The first kappa shape index (κ1) is 25.1. The first-order chi connectivity index (χ1) is 17.7. The second-order valence-corrected chi connectivity index (χ2v) is 8.35. The molecule has 1 aliphatic heterocycles. The van der Waals surface area contributed by atoms with Crippen molar-refractivity contribution in [2.75, 3.05) is 12.0 Å². The number of aryl methyl sites for hydroxylation is 2. The van der Waals surface area contributed by atoms with Crippen molar-refractivity contribution in [2.24, 2.45) is 0 Å². The Bertz CT molecular complexity index is 1460. The third-order valence-corrected chi connectivity index (χ3v) is 5.86. The molecule has 1 fully saturated rings. The number of carbonyl (C=O) groups is 3. The molecule has 0 atom stereocenters. The molecule has 1 saturated heterocycles. The summed E-state index contributed by atoms with van der Waals surface area (Å²) >= 11 is 0. The molecular formula is C27H23N3O7. The van der Waals surface area contributed by atoms with Crippen LogP contribution in [0, 0.1) is 24.0 Å². The van der Waals surface area contributed by atoms with Crippen molar-refractivity contribution in [3.8, 4) is 11.5 Å². The monoisotopic (exact) mass is 501 g/mol. The lowest BCUT2D eigenvalue weighted by molar-refractivity contribution is -0.384. The number of nitrogens with zero attached hydrogens (tertiary/aromatic N) is 2. The van der Waals surface area contributed by atoms with Crippen molar-refractivity contribution in [3.05, 3.63) is 98.6 Å². The summed E-state index contributed by atoms with van der Waals surface area (Å²) in [4.78, 5) is 49.2. The van der Waals surface area contributed by atoms with Gasteiger partial charge in [-0.25, -0.2) is 9.69 Å². The van der Waals surface area contributed by atoms with Crippen molar-refractivity contribution < 1.29 is 28.8 Å². The number of urea groups is 1. The molecular weight excluding hydrogens is 478 g/mol. The van der Waals surface area contributed by atoms with E-state index in [2.05, 4.69) is 5.32 Å². The number of rotatable bonds is 7. The number of hydrogen-bond donors (Lipinski definition) is 1. The molecule has 3 aromatic rings. The summed E-state index contributed by atoms with van der Waals surface area (Å²) in [6, 6.07) is 15.0. The van der Waals surface area contributed by atoms with Crippen LogP contribution in [-0.4, -0.2) is 29.9 Å². The first-order valence-electron chi connectivity index (χ1n) is 11.2. The molecule has 0 radical (unpaired) electrons. The Morgan fingerprint density at radius 1 is 0.973 bits per heavy atom. The third-order valence-electron chi connectivity index (χ3n) is 5.86. The van der Waals surface area contributed by atoms with Gasteiger partial charge in [-0.3, -0.25) is 25.0 Å². The number of nitro benzene ring substituents is 1. The summed E-state index contributed by atoms with van der Waals surface area (Å²) < 4.78 is 11.4. The Balaban J connectivity index is 1.60. The van der Waals surface area contributed by atoms with Crippen molar-refractivity contribution in [1.29, 1.82) is 0 Å². The largest absolute Gasteiger partial charge is 0.493 e. The second kappa shape index (κ2) is 10.3. The summed E-state index contributed by atoms with van der Waals surface area (Å²) in [5.41, 5.74) is 3.11. The van der Waals surface area contributed by atoms with E-state index in [-0.39, 0.29) is 16.9 Å². The molecule has 0 saturated carbocycles. The summed E-state index contributed by atoms with van der Waals surface area (Å²) in [6.07, 6.45) is 1.31. The third kappa shape index (κ3) is 5.32. The van der Waals surface area contributed by atoms with Gasteiger partial charge in [0.25, 0.3) is 17.5 Å². The van der Waals surface area contributed by atoms with Crippen molar-refractivity contribution in [2.45, 2.75) is 20.5 Å². The highest BCUT2D eigenvalue weighted by Gasteiger charge is 2.37. The summed E-state index contributed by atoms with van der Waals surface area (Å²) in [6.45, 7) is 4.38. The normalized spacial score (nSPS) is 14.5. The minimum absolute atomic E-state index is 0.0391. The number of carbonyl (C=O) groups excluding carboxylic acids is 3. The SMILES string of the molecule is COc1cc(/C=C2\C(=O)NC(=O)N(c3cccc([N+](=O)[O-])c3)C2=O)ccc1OCc1ccc(C)c(C)c1. The molecule has 4 amide bonds. The highest BCUT2D eigenvalue weighted by Crippen LogP contribution is 2.31. The maximum atomic E-state index is 13.1. The van der Waals surface area contributed by atoms with E-state index < -0.39 is 22.8 Å². The van der Waals surface area contributed by atoms with Crippen molar-refractivity contribution in [3.63, 3.8) is 0 Å². The number of anilines is 1. The van der Waals surface area contributed by atoms with Gasteiger partial charge < -0.3 is 9.47 Å². The number of methoxy groups -OCH3 is 1. The van der Waals surface area contributed by atoms with Crippen LogP contribution in [0.3, 0.4) is 0 Å². The molecule has 3 aromatic carbocycles. The average molecular weight is 501 g/mol. The fourth-order valence-corrected chi connectivity index (χ4v) is 3.75. The molecule has 188 valence electrons. The van der Waals surface area contributed by atoms with Crippen molar-refractivity contribution in [1.82, 2.24) is 5.32 Å². The molecule has 37 heavy (non-hydrogen) atoms. The quantitative estimate of drug-likeness (QED) is 0.219. The second-order valence-electron chi connectivity index (χ2n) is 8.35. The zero-order valence-corrected chi connectivity index (χ0v) is 20.3. The van der Waals surface area contributed by atoms with Crippen LogP contribution in [0.25, 0.3) is 6.08 Å². The van der Waals surface area contributed by atoms with E-state index in [0.717, 1.165) is 17.2 Å². The van der Waals surface area contributed by atoms with Crippen molar-refractivity contribution >= 4 is 35.3 Å². The van der Waals surface area contributed by atoms with Gasteiger partial charge in [-0.15, -0.1) is 0 Å². The maximum Gasteiger partial charge on any atom is 0.335 e. The lowest BCUT2D eigenvalue weighted by atomic mass is 10.1. The van der Waals surface area contributed by atoms with Gasteiger partial charge in [-0.05, 0) is 60.4 Å². The highest BCUT2D eigenvalue weighted by molar-refractivity contribution is 6.39. The standard InChI is InChI=1S/C27H23N3O7/c1-16-7-8-19(11-17(16)2)15-37-23-10-9-18(13-24(23)36-3)12-22-25(31)28-27(33)29(26(22)32)20-5-4-6-21(14-20)30(34)35/h4-14H,15H2,1-3H3,(H,28,31,33)/b22-12+. The molecule has 1 heterocycles. The molecule has 0 aliphatic carbocycles. The van der Waals surface area contributed by atoms with Crippen LogP contribution in [0.5, 0.6) is 11.5 Å². The zero-order chi connectivity index (χ0) is 26.7. The number of imide groups is 2. The minimum atomic E-state index is -1.000. The Kier molecular flexibility index (Phi) is 7.01. The molecule has 1 N–H and O–H groups in total. The number of benzene rings is 3. The van der Waals surface area contributed by atoms with Gasteiger partial charge in [-0.2, -0.15) is 0 Å². The van der Waals surface area contributed by atoms with Crippen LogP contribution in [0.15, 0.2) is 66.2 Å². The summed E-state index contributed by atoms with van der Waals surface area (Å²) in [7, 11) is 1.47. The lowest BCUT2D eigenvalue weighted by Crippen LogP contribution is -2.54. The van der Waals surface area contributed by atoms with E-state index in [1.807, 2.05) is 32.0 Å². The van der Waals surface area contributed by atoms with Crippen LogP contribution in [0.2, 0.25) is 0 Å². The molecule has 0 spiro atoms. The first-order valence-corrected chi connectivity index (χ1v) is 11.2. The van der Waals surface area contributed by atoms with Crippen LogP contribution < -0.4 is 19.7 Å². The fourth-order valence-electron chi connectivity index (χ4n) is 3.75. The van der Waals surface area contributed by atoms with Gasteiger partial charge in [0.1, 0.15) is 12.2 Å². The summed E-state index contributed by atoms with van der Waals surface area (Å²) in [5, 5.41) is 13.2. The van der Waals surface area contributed by atoms with Gasteiger partial charge in [-0.1, -0.05) is 30.3 Å². The maximum absolute atomic E-state index is 13.1. The predicted octanol–water partition coefficient (Wildman–Crippen LogP) is 4.47. The molecule has 10 heteroatoms. The molecule has 0 aromatic heterocycles. The average Bonchev–Trinajstić information content (AvgIpc) is 2.87. The number of hydrogen-bond acceptors (Lipinski definition) is 7. The molecule has 10 nitrogen and oxygen atoms in total. The van der Waals surface area contributed by atoms with Gasteiger partial charge in [0, 0.05) is 12.1 Å². The van der Waals surface area contributed by atoms with Crippen LogP contribution >= 0.6 is 0 Å². The zero-order valence-electron chi connectivity index (χ0n) is 20.3. The van der Waals surface area contributed by atoms with Gasteiger partial charge in [0.05, 0.1) is 17.7 Å². The smallest absolute Gasteiger partial charge is 0.335 e. The van der Waals surface area contributed by atoms with Crippen LogP contribution in [-0.2, 0) is 16.2 Å². The number of nitro groups is 1. The van der Waals surface area contributed by atoms with E-state index in [9.17, 15) is 24.5 Å². The van der Waals surface area contributed by atoms with E-state index >= 15 is 0 Å². The Morgan fingerprint density at radius 3 is 2.46 bits per heavy atom. The minimum Gasteiger partial charge on any atom is -0.493 e. The van der Waals surface area contributed by atoms with E-state index in [1.54, 1.807) is 18.2 Å². The Morgan fingerprint density at radius 2 is 1.76 bits per heavy atom. The molecule has 1 aliphatic rings. The Hall–Kier alpha value is -4.99. The summed E-state index contributed by atoms with van der Waals surface area (Å²) in [5.74, 6) is -0.946. The molecule has 4 rings (SSSR count). The van der Waals surface area contributed by atoms with E-state index in [4.69, 9.17) is 9.47 Å². The molecule has 0 unspecified atom stereocenters. The topological polar surface area (TPSA) is 128 Å².